The Hall–Kier alpha value is -3.02. The number of aromatic nitrogens is 2. The molecule has 29 heavy (non-hydrogen) atoms. The van der Waals surface area contributed by atoms with Gasteiger partial charge in [0.15, 0.2) is 0 Å². The summed E-state index contributed by atoms with van der Waals surface area (Å²) in [7, 11) is 0. The highest BCUT2D eigenvalue weighted by Crippen LogP contribution is 2.24. The molecule has 1 fully saturated rings. The van der Waals surface area contributed by atoms with Crippen molar-refractivity contribution in [3.05, 3.63) is 76.0 Å². The number of halogens is 1. The van der Waals surface area contributed by atoms with Crippen LogP contribution < -0.4 is 10.9 Å². The van der Waals surface area contributed by atoms with Crippen LogP contribution in [0, 0.1) is 11.7 Å². The zero-order chi connectivity index (χ0) is 20.4. The predicted octanol–water partition coefficient (Wildman–Crippen LogP) is 3.89. The first kappa shape index (κ1) is 19.3. The summed E-state index contributed by atoms with van der Waals surface area (Å²) in [6.45, 7) is 2.36. The summed E-state index contributed by atoms with van der Waals surface area (Å²) in [6.07, 6.45) is 5.91. The van der Waals surface area contributed by atoms with Gasteiger partial charge in [-0.25, -0.2) is 9.37 Å². The van der Waals surface area contributed by atoms with E-state index in [1.54, 1.807) is 30.5 Å². The Balaban J connectivity index is 1.72. The Labute approximate surface area is 168 Å². The maximum Gasteiger partial charge on any atom is 0.265 e. The van der Waals surface area contributed by atoms with Gasteiger partial charge in [0.05, 0.1) is 6.54 Å². The lowest BCUT2D eigenvalue weighted by Gasteiger charge is -2.29. The molecule has 1 aliphatic carbocycles. The Bertz CT molecular complexity index is 1090. The molecule has 0 radical (unpaired) electrons. The third-order valence-corrected chi connectivity index (χ3v) is 5.77. The molecule has 1 N–H and O–H groups in total. The second-order valence-corrected chi connectivity index (χ2v) is 7.83. The molecule has 1 amide bonds. The van der Waals surface area contributed by atoms with E-state index in [-0.39, 0.29) is 35.4 Å². The minimum atomic E-state index is -0.388. The van der Waals surface area contributed by atoms with Gasteiger partial charge in [0.25, 0.3) is 11.5 Å². The van der Waals surface area contributed by atoms with E-state index in [0.717, 1.165) is 30.2 Å². The predicted molar refractivity (Wildman–Crippen MR) is 110 cm³/mol. The topological polar surface area (TPSA) is 64.0 Å². The quantitative estimate of drug-likeness (QED) is 0.731. The number of nitrogens with one attached hydrogen (secondary N) is 1. The molecule has 2 atom stereocenters. The lowest BCUT2D eigenvalue weighted by atomic mass is 9.86. The summed E-state index contributed by atoms with van der Waals surface area (Å²) in [6, 6.07) is 11.3. The van der Waals surface area contributed by atoms with Crippen molar-refractivity contribution in [3.63, 3.8) is 0 Å². The number of amides is 1. The number of benzene rings is 1. The first-order valence-electron chi connectivity index (χ1n) is 10.1. The van der Waals surface area contributed by atoms with E-state index < -0.39 is 0 Å². The van der Waals surface area contributed by atoms with Crippen molar-refractivity contribution in [2.75, 3.05) is 0 Å². The normalized spacial score (nSPS) is 19.2. The van der Waals surface area contributed by atoms with Crippen LogP contribution in [0.25, 0.3) is 11.0 Å². The number of hydrogen-bond donors (Lipinski definition) is 1. The maximum absolute atomic E-state index is 13.2. The molecule has 5 nitrogen and oxygen atoms in total. The van der Waals surface area contributed by atoms with Gasteiger partial charge in [0, 0.05) is 17.6 Å². The first-order chi connectivity index (χ1) is 14.0. The monoisotopic (exact) mass is 393 g/mol. The van der Waals surface area contributed by atoms with Crippen molar-refractivity contribution in [3.8, 4) is 0 Å². The molecule has 3 aromatic rings. The molecule has 0 saturated heterocycles. The highest BCUT2D eigenvalue weighted by atomic mass is 19.1. The van der Waals surface area contributed by atoms with Crippen LogP contribution in [0.3, 0.4) is 0 Å². The van der Waals surface area contributed by atoms with Crippen LogP contribution in [-0.4, -0.2) is 21.5 Å². The van der Waals surface area contributed by atoms with Gasteiger partial charge >= 0.3 is 0 Å². The van der Waals surface area contributed by atoms with Crippen molar-refractivity contribution in [1.29, 1.82) is 0 Å². The number of rotatable bonds is 4. The van der Waals surface area contributed by atoms with Gasteiger partial charge in [-0.2, -0.15) is 0 Å². The van der Waals surface area contributed by atoms with E-state index >= 15 is 0 Å². The number of carbonyl (C=O) groups is 1. The molecule has 0 unspecified atom stereocenters. The molecule has 1 aromatic carbocycles. The average Bonchev–Trinajstić information content (AvgIpc) is 2.73. The molecule has 0 bridgehead atoms. The molecular formula is C23H24FN3O2. The van der Waals surface area contributed by atoms with Crippen LogP contribution in [0.5, 0.6) is 0 Å². The van der Waals surface area contributed by atoms with Crippen LogP contribution in [0.2, 0.25) is 0 Å². The number of hydrogen-bond acceptors (Lipinski definition) is 3. The van der Waals surface area contributed by atoms with Crippen LogP contribution in [-0.2, 0) is 6.54 Å². The van der Waals surface area contributed by atoms with Gasteiger partial charge in [0.2, 0.25) is 0 Å². The molecule has 2 aromatic heterocycles. The fourth-order valence-electron chi connectivity index (χ4n) is 4.06. The summed E-state index contributed by atoms with van der Waals surface area (Å²) in [5.74, 6) is -0.276. The molecule has 4 rings (SSSR count). The highest BCUT2D eigenvalue weighted by molar-refractivity contribution is 5.97. The summed E-state index contributed by atoms with van der Waals surface area (Å²) in [5.41, 5.74) is 0.996. The van der Waals surface area contributed by atoms with Crippen molar-refractivity contribution in [2.24, 2.45) is 5.92 Å². The lowest BCUT2D eigenvalue weighted by Crippen LogP contribution is -2.43. The van der Waals surface area contributed by atoms with E-state index in [0.29, 0.717) is 11.6 Å². The Morgan fingerprint density at radius 3 is 2.72 bits per heavy atom. The third kappa shape index (κ3) is 4.06. The van der Waals surface area contributed by atoms with Crippen LogP contribution in [0.15, 0.2) is 53.5 Å². The van der Waals surface area contributed by atoms with Crippen LogP contribution in [0.4, 0.5) is 4.39 Å². The average molecular weight is 393 g/mol. The fourth-order valence-corrected chi connectivity index (χ4v) is 4.06. The van der Waals surface area contributed by atoms with Crippen LogP contribution in [0.1, 0.15) is 48.5 Å². The number of nitrogens with zero attached hydrogens (tertiary/aromatic N) is 2. The molecule has 150 valence electrons. The molecule has 1 aliphatic rings. The minimum absolute atomic E-state index is 0.0887. The lowest BCUT2D eigenvalue weighted by molar-refractivity contribution is 0.0908. The minimum Gasteiger partial charge on any atom is -0.349 e. The molecule has 6 heteroatoms. The van der Waals surface area contributed by atoms with Crippen molar-refractivity contribution >= 4 is 16.9 Å². The largest absolute Gasteiger partial charge is 0.349 e. The fraction of sp³-hybridized carbons (Fsp3) is 0.348. The van der Waals surface area contributed by atoms with Gasteiger partial charge in [-0.3, -0.25) is 14.2 Å². The maximum atomic E-state index is 13.2. The summed E-state index contributed by atoms with van der Waals surface area (Å²) < 4.78 is 14.7. The highest BCUT2D eigenvalue weighted by Gasteiger charge is 2.25. The molecule has 2 heterocycles. The van der Waals surface area contributed by atoms with Crippen molar-refractivity contribution < 1.29 is 9.18 Å². The SMILES string of the molecule is C[C@@H]1CCCC[C@@H]1NC(=O)c1cc2cccnc2n(Cc2ccc(F)cc2)c1=O. The zero-order valence-corrected chi connectivity index (χ0v) is 16.4. The Morgan fingerprint density at radius 2 is 1.97 bits per heavy atom. The van der Waals surface area contributed by atoms with Gasteiger partial charge < -0.3 is 5.32 Å². The molecule has 0 aliphatic heterocycles. The first-order valence-corrected chi connectivity index (χ1v) is 10.1. The standard InChI is InChI=1S/C23H24FN3O2/c1-15-5-2-3-7-20(15)26-22(28)19-13-17-6-4-12-25-21(17)27(23(19)29)14-16-8-10-18(24)11-9-16/h4,6,8-13,15,20H,2-3,5,7,14H2,1H3,(H,26,28)/t15-,20+/m1/s1. The molecule has 0 spiro atoms. The van der Waals surface area contributed by atoms with E-state index in [4.69, 9.17) is 0 Å². The number of fused-ring (bicyclic) bond motifs is 1. The summed E-state index contributed by atoms with van der Waals surface area (Å²) >= 11 is 0. The van der Waals surface area contributed by atoms with Crippen LogP contribution >= 0.6 is 0 Å². The second kappa shape index (κ2) is 8.15. The number of carbonyl (C=O) groups excluding carboxylic acids is 1. The summed E-state index contributed by atoms with van der Waals surface area (Å²) in [4.78, 5) is 30.5. The van der Waals surface area contributed by atoms with Crippen molar-refractivity contribution in [1.82, 2.24) is 14.9 Å². The van der Waals surface area contributed by atoms with Gasteiger partial charge in [-0.05, 0) is 54.7 Å². The molecule has 1 saturated carbocycles. The van der Waals surface area contributed by atoms with E-state index in [1.165, 1.54) is 23.1 Å². The Morgan fingerprint density at radius 1 is 1.21 bits per heavy atom. The molecular weight excluding hydrogens is 369 g/mol. The van der Waals surface area contributed by atoms with Gasteiger partial charge in [-0.15, -0.1) is 0 Å². The smallest absolute Gasteiger partial charge is 0.265 e. The number of pyridine rings is 2. The summed E-state index contributed by atoms with van der Waals surface area (Å²) in [5, 5.41) is 3.79. The van der Waals surface area contributed by atoms with E-state index in [1.807, 2.05) is 6.07 Å². The van der Waals surface area contributed by atoms with Crippen molar-refractivity contribution in [2.45, 2.75) is 45.2 Å². The second-order valence-electron chi connectivity index (χ2n) is 7.83. The van der Waals surface area contributed by atoms with Gasteiger partial charge in [-0.1, -0.05) is 31.9 Å². The van der Waals surface area contributed by atoms with E-state index in [9.17, 15) is 14.0 Å². The van der Waals surface area contributed by atoms with Gasteiger partial charge in [0.1, 0.15) is 17.0 Å². The Kier molecular flexibility index (Phi) is 5.43. The van der Waals surface area contributed by atoms with E-state index in [2.05, 4.69) is 17.2 Å². The zero-order valence-electron chi connectivity index (χ0n) is 16.4. The third-order valence-electron chi connectivity index (χ3n) is 5.77.